The minimum Gasteiger partial charge on any atom is -0.367 e. The summed E-state index contributed by atoms with van der Waals surface area (Å²) in [5.41, 5.74) is 0.805. The van der Waals surface area contributed by atoms with Gasteiger partial charge in [-0.05, 0) is 5.56 Å². The molecular weight excluding hydrogens is 204 g/mol. The van der Waals surface area contributed by atoms with Gasteiger partial charge in [0.05, 0.1) is 12.5 Å². The molecule has 0 aliphatic carbocycles. The first-order chi connectivity index (χ1) is 7.79. The van der Waals surface area contributed by atoms with Crippen molar-refractivity contribution in [1.82, 2.24) is 5.32 Å². The highest BCUT2D eigenvalue weighted by molar-refractivity contribution is 5.82. The van der Waals surface area contributed by atoms with Gasteiger partial charge in [0.25, 0.3) is 5.91 Å². The van der Waals surface area contributed by atoms with Gasteiger partial charge in [0.2, 0.25) is 0 Å². The predicted molar refractivity (Wildman–Crippen MR) is 59.4 cm³/mol. The molecule has 1 amide bonds. The van der Waals surface area contributed by atoms with Crippen LogP contribution in [-0.4, -0.2) is 19.6 Å². The van der Waals surface area contributed by atoms with Crippen molar-refractivity contribution in [3.8, 4) is 6.07 Å². The highest BCUT2D eigenvalue weighted by Crippen LogP contribution is 2.15. The quantitative estimate of drug-likeness (QED) is 0.760. The number of nitrogens with one attached hydrogen (secondary N) is 1. The molecule has 1 atom stereocenters. The predicted octanol–water partition coefficient (Wildman–Crippen LogP) is 1.40. The van der Waals surface area contributed by atoms with E-state index in [0.717, 1.165) is 5.56 Å². The van der Waals surface area contributed by atoms with Crippen LogP contribution in [-0.2, 0) is 9.53 Å². The minimum atomic E-state index is -0.611. The van der Waals surface area contributed by atoms with E-state index in [9.17, 15) is 4.79 Å². The van der Waals surface area contributed by atoms with Crippen molar-refractivity contribution in [3.05, 3.63) is 35.9 Å². The van der Waals surface area contributed by atoms with E-state index in [1.807, 2.05) is 36.4 Å². The summed E-state index contributed by atoms with van der Waals surface area (Å²) in [6.45, 7) is 0.349. The fourth-order valence-electron chi connectivity index (χ4n) is 1.36. The first-order valence-corrected chi connectivity index (χ1v) is 5.02. The summed E-state index contributed by atoms with van der Waals surface area (Å²) < 4.78 is 5.13. The number of nitriles is 1. The monoisotopic (exact) mass is 218 g/mol. The third kappa shape index (κ3) is 3.37. The molecule has 1 N–H and O–H groups in total. The van der Waals surface area contributed by atoms with Crippen LogP contribution < -0.4 is 5.32 Å². The van der Waals surface area contributed by atoms with Gasteiger partial charge in [-0.2, -0.15) is 5.26 Å². The van der Waals surface area contributed by atoms with Crippen LogP contribution in [0.2, 0.25) is 0 Å². The fraction of sp³-hybridized carbons (Fsp3) is 0.333. The van der Waals surface area contributed by atoms with E-state index in [4.69, 9.17) is 10.00 Å². The number of hydrogen-bond acceptors (Lipinski definition) is 3. The first kappa shape index (κ1) is 12.2. The molecule has 1 aromatic carbocycles. The van der Waals surface area contributed by atoms with E-state index >= 15 is 0 Å². The summed E-state index contributed by atoms with van der Waals surface area (Å²) in [7, 11) is 1.49. The maximum atomic E-state index is 11.7. The largest absolute Gasteiger partial charge is 0.367 e. The summed E-state index contributed by atoms with van der Waals surface area (Å²) in [4.78, 5) is 11.7. The molecule has 0 spiro atoms. The number of hydrogen-bond donors (Lipinski definition) is 1. The average molecular weight is 218 g/mol. The van der Waals surface area contributed by atoms with Crippen LogP contribution in [0.4, 0.5) is 0 Å². The van der Waals surface area contributed by atoms with Crippen molar-refractivity contribution in [3.63, 3.8) is 0 Å². The van der Waals surface area contributed by atoms with Crippen LogP contribution in [0.25, 0.3) is 0 Å². The van der Waals surface area contributed by atoms with E-state index in [1.165, 1.54) is 7.11 Å². The Bertz CT molecular complexity index is 370. The molecule has 1 aromatic rings. The van der Waals surface area contributed by atoms with Crippen molar-refractivity contribution < 1.29 is 9.53 Å². The van der Waals surface area contributed by atoms with E-state index in [1.54, 1.807) is 0 Å². The van der Waals surface area contributed by atoms with Gasteiger partial charge in [0, 0.05) is 13.7 Å². The fourth-order valence-corrected chi connectivity index (χ4v) is 1.36. The van der Waals surface area contributed by atoms with E-state index < -0.39 is 6.10 Å². The Labute approximate surface area is 94.8 Å². The highest BCUT2D eigenvalue weighted by atomic mass is 16.5. The van der Waals surface area contributed by atoms with Crippen LogP contribution >= 0.6 is 0 Å². The Morgan fingerprint density at radius 1 is 1.50 bits per heavy atom. The van der Waals surface area contributed by atoms with Gasteiger partial charge >= 0.3 is 0 Å². The molecule has 0 saturated carbocycles. The van der Waals surface area contributed by atoms with E-state index in [2.05, 4.69) is 5.32 Å². The van der Waals surface area contributed by atoms with Gasteiger partial charge in [-0.25, -0.2) is 0 Å². The molecule has 0 aliphatic rings. The number of rotatable bonds is 5. The Morgan fingerprint density at radius 2 is 2.19 bits per heavy atom. The van der Waals surface area contributed by atoms with Gasteiger partial charge in [-0.3, -0.25) is 4.79 Å². The number of nitrogens with zero attached hydrogens (tertiary/aromatic N) is 1. The van der Waals surface area contributed by atoms with Crippen molar-refractivity contribution in [2.45, 2.75) is 12.5 Å². The zero-order valence-electron chi connectivity index (χ0n) is 9.14. The van der Waals surface area contributed by atoms with Gasteiger partial charge < -0.3 is 10.1 Å². The molecule has 0 heterocycles. The van der Waals surface area contributed by atoms with Crippen molar-refractivity contribution in [2.75, 3.05) is 13.7 Å². The third-order valence-corrected chi connectivity index (χ3v) is 2.11. The van der Waals surface area contributed by atoms with Gasteiger partial charge in [0.1, 0.15) is 0 Å². The average Bonchev–Trinajstić information content (AvgIpc) is 2.32. The van der Waals surface area contributed by atoms with Gasteiger partial charge in [-0.15, -0.1) is 0 Å². The molecule has 4 heteroatoms. The molecule has 0 fully saturated rings. The Hall–Kier alpha value is -1.86. The standard InChI is InChI=1S/C12H14N2O2/c1-16-11(10-6-3-2-4-7-10)12(15)14-9-5-8-13/h2-4,6-7,11H,5,9H2,1H3,(H,14,15). The number of ether oxygens (including phenoxy) is 1. The second kappa shape index (κ2) is 6.59. The van der Waals surface area contributed by atoms with Crippen molar-refractivity contribution >= 4 is 5.91 Å². The Kier molecular flexibility index (Phi) is 5.03. The van der Waals surface area contributed by atoms with Crippen LogP contribution in [0, 0.1) is 11.3 Å². The summed E-state index contributed by atoms with van der Waals surface area (Å²) in [6.07, 6.45) is -0.309. The lowest BCUT2D eigenvalue weighted by atomic mass is 10.1. The summed E-state index contributed by atoms with van der Waals surface area (Å²) in [6, 6.07) is 11.2. The molecule has 1 rings (SSSR count). The number of carbonyl (C=O) groups is 1. The SMILES string of the molecule is COC(C(=O)NCCC#N)c1ccccc1. The zero-order chi connectivity index (χ0) is 11.8. The second-order valence-corrected chi connectivity index (χ2v) is 3.23. The number of carbonyl (C=O) groups excluding carboxylic acids is 1. The molecule has 0 bridgehead atoms. The second-order valence-electron chi connectivity index (χ2n) is 3.23. The maximum Gasteiger partial charge on any atom is 0.253 e. The zero-order valence-corrected chi connectivity index (χ0v) is 9.14. The highest BCUT2D eigenvalue weighted by Gasteiger charge is 2.18. The normalized spacial score (nSPS) is 11.5. The van der Waals surface area contributed by atoms with Gasteiger partial charge in [-0.1, -0.05) is 30.3 Å². The number of amides is 1. The van der Waals surface area contributed by atoms with Gasteiger partial charge in [0.15, 0.2) is 6.10 Å². The molecule has 84 valence electrons. The lowest BCUT2D eigenvalue weighted by Crippen LogP contribution is -2.30. The van der Waals surface area contributed by atoms with Crippen LogP contribution in [0.3, 0.4) is 0 Å². The molecule has 1 unspecified atom stereocenters. The minimum absolute atomic E-state index is 0.219. The van der Waals surface area contributed by atoms with Crippen LogP contribution in [0.1, 0.15) is 18.1 Å². The molecule has 0 saturated heterocycles. The molecular formula is C12H14N2O2. The molecule has 0 radical (unpaired) electrons. The van der Waals surface area contributed by atoms with Crippen LogP contribution in [0.5, 0.6) is 0 Å². The summed E-state index contributed by atoms with van der Waals surface area (Å²) in [5.74, 6) is -0.219. The smallest absolute Gasteiger partial charge is 0.253 e. The van der Waals surface area contributed by atoms with E-state index in [-0.39, 0.29) is 5.91 Å². The van der Waals surface area contributed by atoms with Crippen LogP contribution in [0.15, 0.2) is 30.3 Å². The molecule has 4 nitrogen and oxygen atoms in total. The lowest BCUT2D eigenvalue weighted by Gasteiger charge is -2.14. The molecule has 0 aromatic heterocycles. The van der Waals surface area contributed by atoms with Crippen molar-refractivity contribution in [2.24, 2.45) is 0 Å². The molecule has 0 aliphatic heterocycles. The first-order valence-electron chi connectivity index (χ1n) is 5.02. The lowest BCUT2D eigenvalue weighted by molar-refractivity contribution is -0.131. The maximum absolute atomic E-state index is 11.7. The number of benzene rings is 1. The third-order valence-electron chi connectivity index (χ3n) is 2.11. The summed E-state index contributed by atoms with van der Waals surface area (Å²) in [5, 5.41) is 11.0. The molecule has 16 heavy (non-hydrogen) atoms. The summed E-state index contributed by atoms with van der Waals surface area (Å²) >= 11 is 0. The topological polar surface area (TPSA) is 62.1 Å². The number of methoxy groups -OCH3 is 1. The van der Waals surface area contributed by atoms with E-state index in [0.29, 0.717) is 13.0 Å². The van der Waals surface area contributed by atoms with Crippen molar-refractivity contribution in [1.29, 1.82) is 5.26 Å². The Balaban J connectivity index is 2.61. The Morgan fingerprint density at radius 3 is 2.75 bits per heavy atom.